The molecule has 18 heavy (non-hydrogen) atoms. The molecule has 1 rings (SSSR count). The zero-order valence-electron chi connectivity index (χ0n) is 11.5. The zero-order valence-corrected chi connectivity index (χ0v) is 11.5. The molecule has 4 nitrogen and oxygen atoms in total. The van der Waals surface area contributed by atoms with E-state index in [4.69, 9.17) is 5.11 Å². The Balaban J connectivity index is 2.57. The second-order valence-corrected chi connectivity index (χ2v) is 5.30. The van der Waals surface area contributed by atoms with Gasteiger partial charge < -0.3 is 10.0 Å². The minimum absolute atomic E-state index is 0.119. The van der Waals surface area contributed by atoms with Gasteiger partial charge in [0.1, 0.15) is 0 Å². The van der Waals surface area contributed by atoms with Gasteiger partial charge in [0.25, 0.3) is 0 Å². The summed E-state index contributed by atoms with van der Waals surface area (Å²) in [4.78, 5) is 25.0. The first kappa shape index (κ1) is 15.0. The summed E-state index contributed by atoms with van der Waals surface area (Å²) in [7, 11) is 0. The van der Waals surface area contributed by atoms with Gasteiger partial charge in [0.15, 0.2) is 0 Å². The predicted molar refractivity (Wildman–Crippen MR) is 70.2 cm³/mol. The van der Waals surface area contributed by atoms with Gasteiger partial charge in [-0.25, -0.2) is 0 Å². The molecule has 0 aromatic rings. The zero-order chi connectivity index (χ0) is 13.5. The number of amides is 1. The molecule has 104 valence electrons. The molecule has 1 N–H and O–H groups in total. The van der Waals surface area contributed by atoms with Crippen LogP contribution < -0.4 is 0 Å². The summed E-state index contributed by atoms with van der Waals surface area (Å²) in [5.74, 6) is -1.04. The summed E-state index contributed by atoms with van der Waals surface area (Å²) in [5.41, 5.74) is 0. The van der Waals surface area contributed by atoms with Crippen LogP contribution in [0.1, 0.15) is 52.4 Å². The van der Waals surface area contributed by atoms with E-state index in [0.29, 0.717) is 13.1 Å². The van der Waals surface area contributed by atoms with E-state index in [1.807, 2.05) is 6.92 Å². The third-order valence-electron chi connectivity index (χ3n) is 3.81. The van der Waals surface area contributed by atoms with Gasteiger partial charge in [-0.1, -0.05) is 32.6 Å². The second-order valence-electron chi connectivity index (χ2n) is 5.30. The normalized spacial score (nSPS) is 19.0. The molecule has 0 aliphatic heterocycles. The van der Waals surface area contributed by atoms with Crippen LogP contribution in [0.25, 0.3) is 0 Å². The van der Waals surface area contributed by atoms with Crippen molar-refractivity contribution in [3.8, 4) is 0 Å². The van der Waals surface area contributed by atoms with Crippen molar-refractivity contribution < 1.29 is 14.7 Å². The molecule has 0 heterocycles. The quantitative estimate of drug-likeness (QED) is 0.768. The van der Waals surface area contributed by atoms with Crippen molar-refractivity contribution in [2.75, 3.05) is 13.1 Å². The molecule has 4 heteroatoms. The Kier molecular flexibility index (Phi) is 6.16. The second kappa shape index (κ2) is 7.39. The average molecular weight is 255 g/mol. The fourth-order valence-electron chi connectivity index (χ4n) is 2.57. The highest BCUT2D eigenvalue weighted by molar-refractivity contribution is 5.79. The van der Waals surface area contributed by atoms with Crippen LogP contribution in [0.4, 0.5) is 0 Å². The van der Waals surface area contributed by atoms with E-state index in [-0.39, 0.29) is 11.8 Å². The van der Waals surface area contributed by atoms with Gasteiger partial charge in [-0.3, -0.25) is 9.59 Å². The molecule has 1 amide bonds. The molecule has 1 saturated carbocycles. The van der Waals surface area contributed by atoms with E-state index < -0.39 is 11.9 Å². The minimum Gasteiger partial charge on any atom is -0.481 e. The van der Waals surface area contributed by atoms with Gasteiger partial charge in [-0.15, -0.1) is 0 Å². The highest BCUT2D eigenvalue weighted by atomic mass is 16.4. The summed E-state index contributed by atoms with van der Waals surface area (Å²) in [6.07, 6.45) is 6.64. The molecule has 0 radical (unpaired) electrons. The van der Waals surface area contributed by atoms with Crippen LogP contribution in [0.2, 0.25) is 0 Å². The van der Waals surface area contributed by atoms with Crippen molar-refractivity contribution in [2.45, 2.75) is 52.4 Å². The standard InChI is InChI=1S/C14H25NO3/c1-3-15(10-11(2)14(17)18)13(16)12-8-6-4-5-7-9-12/h11-12H,3-10H2,1-2H3,(H,17,18). The lowest BCUT2D eigenvalue weighted by Crippen LogP contribution is -2.40. The Bertz CT molecular complexity index is 283. The molecule has 0 aromatic heterocycles. The van der Waals surface area contributed by atoms with Crippen LogP contribution in [-0.2, 0) is 9.59 Å². The first-order valence-corrected chi connectivity index (χ1v) is 7.07. The average Bonchev–Trinajstić information content (AvgIpc) is 2.63. The molecule has 1 aliphatic carbocycles. The number of carbonyl (C=O) groups excluding carboxylic acids is 1. The van der Waals surface area contributed by atoms with E-state index in [2.05, 4.69) is 0 Å². The highest BCUT2D eigenvalue weighted by Gasteiger charge is 2.26. The maximum absolute atomic E-state index is 12.4. The number of hydrogen-bond acceptors (Lipinski definition) is 2. The van der Waals surface area contributed by atoms with Gasteiger partial charge in [0.2, 0.25) is 5.91 Å². The SMILES string of the molecule is CCN(CC(C)C(=O)O)C(=O)C1CCCCCC1. The summed E-state index contributed by atoms with van der Waals surface area (Å²) in [6, 6.07) is 0. The van der Waals surface area contributed by atoms with Gasteiger partial charge in [-0.05, 0) is 19.8 Å². The molecule has 1 unspecified atom stereocenters. The summed E-state index contributed by atoms with van der Waals surface area (Å²) in [6.45, 7) is 4.52. The monoisotopic (exact) mass is 255 g/mol. The van der Waals surface area contributed by atoms with Crippen molar-refractivity contribution in [1.29, 1.82) is 0 Å². The van der Waals surface area contributed by atoms with Crippen LogP contribution in [0.15, 0.2) is 0 Å². The molecule has 0 bridgehead atoms. The Morgan fingerprint density at radius 2 is 1.78 bits per heavy atom. The van der Waals surface area contributed by atoms with Crippen LogP contribution in [0.5, 0.6) is 0 Å². The molecular formula is C14H25NO3. The lowest BCUT2D eigenvalue weighted by molar-refractivity contribution is -0.144. The Labute approximate surface area is 109 Å². The molecule has 1 aliphatic rings. The van der Waals surface area contributed by atoms with Crippen LogP contribution >= 0.6 is 0 Å². The predicted octanol–water partition coefficient (Wildman–Crippen LogP) is 2.53. The third kappa shape index (κ3) is 4.31. The molecule has 1 atom stereocenters. The van der Waals surface area contributed by atoms with E-state index in [9.17, 15) is 9.59 Å². The number of rotatable bonds is 5. The molecule has 0 saturated heterocycles. The van der Waals surface area contributed by atoms with E-state index >= 15 is 0 Å². The topological polar surface area (TPSA) is 57.6 Å². The van der Waals surface area contributed by atoms with Gasteiger partial charge in [0.05, 0.1) is 5.92 Å². The Hall–Kier alpha value is -1.06. The van der Waals surface area contributed by atoms with Gasteiger partial charge in [0, 0.05) is 19.0 Å². The lowest BCUT2D eigenvalue weighted by Gasteiger charge is -2.27. The first-order valence-electron chi connectivity index (χ1n) is 7.07. The number of aliphatic carboxylic acids is 1. The lowest BCUT2D eigenvalue weighted by atomic mass is 9.98. The smallest absolute Gasteiger partial charge is 0.308 e. The number of carbonyl (C=O) groups is 2. The summed E-state index contributed by atoms with van der Waals surface area (Å²) < 4.78 is 0. The number of nitrogens with zero attached hydrogens (tertiary/aromatic N) is 1. The van der Waals surface area contributed by atoms with Crippen LogP contribution in [-0.4, -0.2) is 35.0 Å². The molecule has 0 spiro atoms. The third-order valence-corrected chi connectivity index (χ3v) is 3.81. The number of carboxylic acids is 1. The summed E-state index contributed by atoms with van der Waals surface area (Å²) in [5, 5.41) is 8.93. The van der Waals surface area contributed by atoms with Crippen LogP contribution in [0.3, 0.4) is 0 Å². The van der Waals surface area contributed by atoms with Gasteiger partial charge >= 0.3 is 5.97 Å². The van der Waals surface area contributed by atoms with Crippen LogP contribution in [0, 0.1) is 11.8 Å². The maximum Gasteiger partial charge on any atom is 0.308 e. The fraction of sp³-hybridized carbons (Fsp3) is 0.857. The largest absolute Gasteiger partial charge is 0.481 e. The number of carboxylic acid groups (broad SMARTS) is 1. The first-order chi connectivity index (χ1) is 8.56. The highest BCUT2D eigenvalue weighted by Crippen LogP contribution is 2.24. The van der Waals surface area contributed by atoms with Gasteiger partial charge in [-0.2, -0.15) is 0 Å². The molecule has 0 aromatic carbocycles. The van der Waals surface area contributed by atoms with Crippen molar-refractivity contribution in [3.05, 3.63) is 0 Å². The minimum atomic E-state index is -0.831. The van der Waals surface area contributed by atoms with Crippen molar-refractivity contribution in [3.63, 3.8) is 0 Å². The van der Waals surface area contributed by atoms with Crippen molar-refractivity contribution in [2.24, 2.45) is 11.8 Å². The number of hydrogen-bond donors (Lipinski definition) is 1. The maximum atomic E-state index is 12.4. The van der Waals surface area contributed by atoms with E-state index in [0.717, 1.165) is 25.7 Å². The summed E-state index contributed by atoms with van der Waals surface area (Å²) >= 11 is 0. The fourth-order valence-corrected chi connectivity index (χ4v) is 2.57. The Morgan fingerprint density at radius 1 is 1.22 bits per heavy atom. The van der Waals surface area contributed by atoms with Crippen molar-refractivity contribution >= 4 is 11.9 Å². The van der Waals surface area contributed by atoms with Crippen molar-refractivity contribution in [1.82, 2.24) is 4.90 Å². The molecule has 1 fully saturated rings. The van der Waals surface area contributed by atoms with E-state index in [1.165, 1.54) is 12.8 Å². The molecular weight excluding hydrogens is 230 g/mol. The Morgan fingerprint density at radius 3 is 2.22 bits per heavy atom. The van der Waals surface area contributed by atoms with E-state index in [1.54, 1.807) is 11.8 Å².